The number of hydrogen-bond donors (Lipinski definition) is 2. The molecule has 1 aliphatic carbocycles. The standard InChI is InChI=1S/C25H32N2O5S2/c1-16(2)14-20(22-23(28)19-10-5-3-4-6-11-21(19)32-25(22)29)17-8-7-9-18(15-17)24-27(12-13-33-24)34(26,30)31/h7-9,12-13,15-16,20,24,28H,3-6,10-11,14H2,1-2H3,(H2,26,30,31). The SMILES string of the molecule is CC(C)CC(c1cccc(C2SC=CN2S(N)(=O)=O)c1)c1c(O)c2c(oc1=O)CCCCCC2. The summed E-state index contributed by atoms with van der Waals surface area (Å²) in [6, 6.07) is 7.53. The van der Waals surface area contributed by atoms with Gasteiger partial charge in [0.2, 0.25) is 0 Å². The van der Waals surface area contributed by atoms with Gasteiger partial charge >= 0.3 is 5.63 Å². The van der Waals surface area contributed by atoms with Crippen molar-refractivity contribution >= 4 is 22.0 Å². The molecule has 34 heavy (non-hydrogen) atoms. The lowest BCUT2D eigenvalue weighted by molar-refractivity contribution is 0.379. The molecular formula is C25H32N2O5S2. The van der Waals surface area contributed by atoms with Crippen LogP contribution in [0.4, 0.5) is 0 Å². The van der Waals surface area contributed by atoms with Gasteiger partial charge in [0, 0.05) is 24.1 Å². The van der Waals surface area contributed by atoms with Gasteiger partial charge in [0.15, 0.2) is 0 Å². The minimum Gasteiger partial charge on any atom is -0.507 e. The average molecular weight is 505 g/mol. The molecule has 0 spiro atoms. The lowest BCUT2D eigenvalue weighted by atomic mass is 9.83. The molecule has 0 amide bonds. The summed E-state index contributed by atoms with van der Waals surface area (Å²) in [4.78, 5) is 13.2. The Labute approximate surface area is 205 Å². The summed E-state index contributed by atoms with van der Waals surface area (Å²) < 4.78 is 31.0. The van der Waals surface area contributed by atoms with Gasteiger partial charge in [-0.1, -0.05) is 51.0 Å². The molecule has 184 valence electrons. The third-order valence-electron chi connectivity index (χ3n) is 6.49. The van der Waals surface area contributed by atoms with Crippen molar-refractivity contribution in [3.05, 3.63) is 74.3 Å². The fourth-order valence-electron chi connectivity index (χ4n) is 4.90. The number of fused-ring (bicyclic) bond motifs is 1. The topological polar surface area (TPSA) is 114 Å². The molecule has 0 saturated carbocycles. The smallest absolute Gasteiger partial charge is 0.343 e. The number of benzene rings is 1. The molecule has 0 radical (unpaired) electrons. The van der Waals surface area contributed by atoms with Crippen molar-refractivity contribution in [1.82, 2.24) is 4.31 Å². The van der Waals surface area contributed by atoms with Crippen molar-refractivity contribution < 1.29 is 17.9 Å². The van der Waals surface area contributed by atoms with E-state index in [0.717, 1.165) is 46.7 Å². The van der Waals surface area contributed by atoms with Gasteiger partial charge in [0.25, 0.3) is 10.2 Å². The van der Waals surface area contributed by atoms with E-state index in [1.807, 2.05) is 24.3 Å². The van der Waals surface area contributed by atoms with Crippen LogP contribution in [0.5, 0.6) is 5.75 Å². The van der Waals surface area contributed by atoms with E-state index in [0.29, 0.717) is 30.6 Å². The highest BCUT2D eigenvalue weighted by Gasteiger charge is 2.32. The molecule has 0 fully saturated rings. The fourth-order valence-corrected chi connectivity index (χ4v) is 6.95. The van der Waals surface area contributed by atoms with E-state index in [2.05, 4.69) is 13.8 Å². The first-order valence-corrected chi connectivity index (χ1v) is 14.2. The van der Waals surface area contributed by atoms with Gasteiger partial charge < -0.3 is 9.52 Å². The second kappa shape index (κ2) is 10.2. The zero-order valence-electron chi connectivity index (χ0n) is 19.6. The van der Waals surface area contributed by atoms with Crippen LogP contribution in [0.25, 0.3) is 0 Å². The van der Waals surface area contributed by atoms with Gasteiger partial charge in [0.1, 0.15) is 16.9 Å². The van der Waals surface area contributed by atoms with Crippen LogP contribution >= 0.6 is 11.8 Å². The summed E-state index contributed by atoms with van der Waals surface area (Å²) in [5, 5.41) is 17.9. The highest BCUT2D eigenvalue weighted by atomic mass is 32.2. The third kappa shape index (κ3) is 5.21. The Bertz CT molecular complexity index is 1240. The van der Waals surface area contributed by atoms with E-state index in [4.69, 9.17) is 9.56 Å². The van der Waals surface area contributed by atoms with Gasteiger partial charge in [-0.05, 0) is 48.1 Å². The molecule has 9 heteroatoms. The largest absolute Gasteiger partial charge is 0.507 e. The first-order valence-electron chi connectivity index (χ1n) is 11.8. The van der Waals surface area contributed by atoms with Crippen molar-refractivity contribution in [1.29, 1.82) is 0 Å². The molecular weight excluding hydrogens is 472 g/mol. The Hall–Kier alpha value is -2.23. The van der Waals surface area contributed by atoms with E-state index in [1.54, 1.807) is 5.41 Å². The van der Waals surface area contributed by atoms with E-state index in [9.17, 15) is 18.3 Å². The summed E-state index contributed by atoms with van der Waals surface area (Å²) in [6.45, 7) is 4.14. The molecule has 0 saturated heterocycles. The predicted molar refractivity (Wildman–Crippen MR) is 135 cm³/mol. The van der Waals surface area contributed by atoms with Gasteiger partial charge in [0.05, 0.1) is 5.56 Å². The van der Waals surface area contributed by atoms with Gasteiger partial charge in [-0.25, -0.2) is 14.2 Å². The second-order valence-corrected chi connectivity index (χ2v) is 11.9. The maximum absolute atomic E-state index is 13.2. The Kier molecular flexibility index (Phi) is 7.45. The van der Waals surface area contributed by atoms with Crippen molar-refractivity contribution in [2.45, 2.75) is 70.1 Å². The van der Waals surface area contributed by atoms with Crippen molar-refractivity contribution in [2.24, 2.45) is 11.1 Å². The summed E-state index contributed by atoms with van der Waals surface area (Å²) in [5.41, 5.74) is 2.16. The molecule has 1 aliphatic heterocycles. The number of aromatic hydroxyl groups is 1. The highest BCUT2D eigenvalue weighted by molar-refractivity contribution is 8.03. The molecule has 2 aliphatic rings. The van der Waals surface area contributed by atoms with Crippen LogP contribution in [0.3, 0.4) is 0 Å². The highest BCUT2D eigenvalue weighted by Crippen LogP contribution is 2.43. The zero-order chi connectivity index (χ0) is 24.5. The van der Waals surface area contributed by atoms with Crippen molar-refractivity contribution in [3.63, 3.8) is 0 Å². The third-order valence-corrected chi connectivity index (χ3v) is 8.58. The Morgan fingerprint density at radius 1 is 1.21 bits per heavy atom. The molecule has 0 bridgehead atoms. The summed E-state index contributed by atoms with van der Waals surface area (Å²) in [5.74, 6) is 0.541. The average Bonchev–Trinajstić information content (AvgIpc) is 3.25. The number of aryl methyl sites for hydroxylation is 1. The van der Waals surface area contributed by atoms with Crippen LogP contribution in [-0.4, -0.2) is 17.8 Å². The predicted octanol–water partition coefficient (Wildman–Crippen LogP) is 4.90. The fraction of sp³-hybridized carbons (Fsp3) is 0.480. The lowest BCUT2D eigenvalue weighted by Gasteiger charge is -2.25. The number of thioether (sulfide) groups is 1. The molecule has 2 unspecified atom stereocenters. The first kappa shape index (κ1) is 24.9. The summed E-state index contributed by atoms with van der Waals surface area (Å²) in [7, 11) is -3.91. The maximum Gasteiger partial charge on any atom is 0.343 e. The molecule has 1 aromatic heterocycles. The molecule has 2 heterocycles. The monoisotopic (exact) mass is 504 g/mol. The van der Waals surface area contributed by atoms with Crippen LogP contribution < -0.4 is 10.8 Å². The summed E-state index contributed by atoms with van der Waals surface area (Å²) in [6.07, 6.45) is 7.54. The van der Waals surface area contributed by atoms with Gasteiger partial charge in [-0.15, -0.1) is 11.8 Å². The van der Waals surface area contributed by atoms with Crippen molar-refractivity contribution in [3.8, 4) is 5.75 Å². The van der Waals surface area contributed by atoms with Crippen LogP contribution in [0.15, 0.2) is 45.1 Å². The molecule has 4 rings (SSSR count). The van der Waals surface area contributed by atoms with Gasteiger partial charge in [-0.2, -0.15) is 8.42 Å². The Morgan fingerprint density at radius 2 is 1.94 bits per heavy atom. The number of nitrogens with two attached hydrogens (primary N) is 1. The van der Waals surface area contributed by atoms with E-state index >= 15 is 0 Å². The summed E-state index contributed by atoms with van der Waals surface area (Å²) >= 11 is 1.35. The number of nitrogens with zero attached hydrogens (tertiary/aromatic N) is 1. The zero-order valence-corrected chi connectivity index (χ0v) is 21.2. The second-order valence-electron chi connectivity index (χ2n) is 9.47. The number of hydrogen-bond acceptors (Lipinski definition) is 6. The van der Waals surface area contributed by atoms with Crippen LogP contribution in [0.1, 0.15) is 85.3 Å². The quantitative estimate of drug-likeness (QED) is 0.578. The minimum absolute atomic E-state index is 0.0623. The van der Waals surface area contributed by atoms with E-state index in [1.165, 1.54) is 18.0 Å². The van der Waals surface area contributed by atoms with Crippen LogP contribution in [0.2, 0.25) is 0 Å². The van der Waals surface area contributed by atoms with Crippen LogP contribution in [0, 0.1) is 5.92 Å². The normalized spacial score (nSPS) is 19.6. The molecule has 1 aromatic carbocycles. The van der Waals surface area contributed by atoms with E-state index in [-0.39, 0.29) is 17.6 Å². The van der Waals surface area contributed by atoms with Crippen LogP contribution in [-0.2, 0) is 23.1 Å². The van der Waals surface area contributed by atoms with Gasteiger partial charge in [-0.3, -0.25) is 0 Å². The lowest BCUT2D eigenvalue weighted by Crippen LogP contribution is -2.32. The van der Waals surface area contributed by atoms with E-state index < -0.39 is 21.2 Å². The minimum atomic E-state index is -3.91. The molecule has 7 nitrogen and oxygen atoms in total. The molecule has 2 aromatic rings. The Balaban J connectivity index is 1.79. The Morgan fingerprint density at radius 3 is 2.65 bits per heavy atom. The van der Waals surface area contributed by atoms with Crippen molar-refractivity contribution in [2.75, 3.05) is 0 Å². The first-order chi connectivity index (χ1) is 16.2. The molecule has 2 atom stereocenters. The number of rotatable bonds is 6. The molecule has 3 N–H and O–H groups in total. The maximum atomic E-state index is 13.2.